The molecule has 1 aromatic carbocycles. The van der Waals surface area contributed by atoms with E-state index in [1.165, 1.54) is 6.92 Å². The minimum atomic E-state index is -0.0553. The first-order chi connectivity index (χ1) is 9.75. The average molecular weight is 261 g/mol. The molecular weight excluding hydrogens is 250 g/mol. The molecule has 3 aromatic rings. The quantitative estimate of drug-likeness (QED) is 0.498. The number of nitrogens with zero attached hydrogens (tertiary/aromatic N) is 1. The Kier molecular flexibility index (Phi) is 3.06. The fraction of sp³-hybridized carbons (Fsp3) is 0.0588. The molecule has 0 bridgehead atoms. The van der Waals surface area contributed by atoms with Gasteiger partial charge in [0.25, 0.3) is 0 Å². The zero-order valence-corrected chi connectivity index (χ0v) is 10.9. The van der Waals surface area contributed by atoms with E-state index in [0.29, 0.717) is 22.6 Å². The standard InChI is InChI=1S/C17H11NO2/c1-12(19)17-14-7-2-3-8-15(14)20-16(17)10-9-13-6-4-5-11-18-13/h2-8,11H,1H3. The summed E-state index contributed by atoms with van der Waals surface area (Å²) in [5.74, 6) is 6.15. The molecular formula is C17H11NO2. The summed E-state index contributed by atoms with van der Waals surface area (Å²) < 4.78 is 5.66. The third-order valence-corrected chi connectivity index (χ3v) is 2.92. The van der Waals surface area contributed by atoms with Gasteiger partial charge in [0.15, 0.2) is 11.5 Å². The largest absolute Gasteiger partial charge is 0.447 e. The average Bonchev–Trinajstić information content (AvgIpc) is 2.84. The van der Waals surface area contributed by atoms with Crippen LogP contribution in [0.3, 0.4) is 0 Å². The van der Waals surface area contributed by atoms with Crippen LogP contribution < -0.4 is 0 Å². The van der Waals surface area contributed by atoms with Crippen molar-refractivity contribution >= 4 is 16.8 Å². The Bertz CT molecular complexity index is 836. The first-order valence-electron chi connectivity index (χ1n) is 6.21. The number of fused-ring (bicyclic) bond motifs is 1. The van der Waals surface area contributed by atoms with E-state index in [9.17, 15) is 4.79 Å². The van der Waals surface area contributed by atoms with Gasteiger partial charge in [-0.05, 0) is 37.0 Å². The van der Waals surface area contributed by atoms with E-state index in [4.69, 9.17) is 4.42 Å². The maximum atomic E-state index is 11.8. The van der Waals surface area contributed by atoms with Crippen molar-refractivity contribution in [2.24, 2.45) is 0 Å². The molecule has 0 amide bonds. The van der Waals surface area contributed by atoms with Crippen molar-refractivity contribution in [3.63, 3.8) is 0 Å². The summed E-state index contributed by atoms with van der Waals surface area (Å²) in [6.07, 6.45) is 1.68. The van der Waals surface area contributed by atoms with Crippen LogP contribution in [-0.2, 0) is 0 Å². The van der Waals surface area contributed by atoms with Crippen molar-refractivity contribution in [1.29, 1.82) is 0 Å². The monoisotopic (exact) mass is 261 g/mol. The van der Waals surface area contributed by atoms with Gasteiger partial charge in [-0.2, -0.15) is 0 Å². The number of aromatic nitrogens is 1. The highest BCUT2D eigenvalue weighted by molar-refractivity contribution is 6.08. The topological polar surface area (TPSA) is 43.1 Å². The van der Waals surface area contributed by atoms with Crippen LogP contribution in [0, 0.1) is 11.8 Å². The molecule has 3 nitrogen and oxygen atoms in total. The summed E-state index contributed by atoms with van der Waals surface area (Å²) in [6, 6.07) is 12.9. The van der Waals surface area contributed by atoms with Crippen LogP contribution in [0.4, 0.5) is 0 Å². The van der Waals surface area contributed by atoms with Crippen molar-refractivity contribution in [1.82, 2.24) is 4.98 Å². The number of pyridine rings is 1. The summed E-state index contributed by atoms with van der Waals surface area (Å²) in [5.41, 5.74) is 1.84. The third kappa shape index (κ3) is 2.19. The molecule has 0 unspecified atom stereocenters. The van der Waals surface area contributed by atoms with Gasteiger partial charge in [-0.1, -0.05) is 24.3 Å². The lowest BCUT2D eigenvalue weighted by atomic mass is 10.1. The van der Waals surface area contributed by atoms with E-state index < -0.39 is 0 Å². The van der Waals surface area contributed by atoms with Gasteiger partial charge >= 0.3 is 0 Å². The molecule has 0 aliphatic heterocycles. The lowest BCUT2D eigenvalue weighted by Gasteiger charge is -1.91. The van der Waals surface area contributed by atoms with Crippen molar-refractivity contribution in [2.75, 3.05) is 0 Å². The molecule has 0 saturated heterocycles. The molecule has 3 heteroatoms. The molecule has 0 spiro atoms. The Morgan fingerprint density at radius 2 is 1.90 bits per heavy atom. The smallest absolute Gasteiger partial charge is 0.189 e. The maximum Gasteiger partial charge on any atom is 0.189 e. The fourth-order valence-electron chi connectivity index (χ4n) is 2.04. The highest BCUT2D eigenvalue weighted by Gasteiger charge is 2.15. The van der Waals surface area contributed by atoms with E-state index in [1.807, 2.05) is 42.5 Å². The molecule has 0 saturated carbocycles. The number of carbonyl (C=O) groups is 1. The zero-order valence-electron chi connectivity index (χ0n) is 10.9. The van der Waals surface area contributed by atoms with Gasteiger partial charge in [-0.15, -0.1) is 0 Å². The summed E-state index contributed by atoms with van der Waals surface area (Å²) in [7, 11) is 0. The first-order valence-corrected chi connectivity index (χ1v) is 6.21. The van der Waals surface area contributed by atoms with Crippen LogP contribution in [0.15, 0.2) is 53.1 Å². The first kappa shape index (κ1) is 12.2. The van der Waals surface area contributed by atoms with Crippen LogP contribution in [0.25, 0.3) is 11.0 Å². The lowest BCUT2D eigenvalue weighted by Crippen LogP contribution is -1.93. The van der Waals surface area contributed by atoms with Gasteiger partial charge < -0.3 is 4.42 Å². The Morgan fingerprint density at radius 3 is 2.65 bits per heavy atom. The predicted molar refractivity (Wildman–Crippen MR) is 76.4 cm³/mol. The second kappa shape index (κ2) is 5.02. The van der Waals surface area contributed by atoms with Crippen molar-refractivity contribution in [2.45, 2.75) is 6.92 Å². The van der Waals surface area contributed by atoms with Gasteiger partial charge in [0.1, 0.15) is 11.3 Å². The number of hydrogen-bond acceptors (Lipinski definition) is 3. The summed E-state index contributed by atoms with van der Waals surface area (Å²) in [5, 5.41) is 0.797. The lowest BCUT2D eigenvalue weighted by molar-refractivity contribution is 0.101. The highest BCUT2D eigenvalue weighted by Crippen LogP contribution is 2.25. The van der Waals surface area contributed by atoms with Gasteiger partial charge in [0.2, 0.25) is 0 Å². The number of hydrogen-bond donors (Lipinski definition) is 0. The van der Waals surface area contributed by atoms with Crippen LogP contribution in [0.5, 0.6) is 0 Å². The van der Waals surface area contributed by atoms with Crippen LogP contribution in [0.2, 0.25) is 0 Å². The van der Waals surface area contributed by atoms with Crippen LogP contribution in [-0.4, -0.2) is 10.8 Å². The van der Waals surface area contributed by atoms with Crippen molar-refractivity contribution in [3.8, 4) is 11.8 Å². The summed E-state index contributed by atoms with van der Waals surface area (Å²) in [6.45, 7) is 1.52. The SMILES string of the molecule is CC(=O)c1c(C#Cc2ccccn2)oc2ccccc12. The number of Topliss-reactive ketones (excluding diaryl/α,β-unsaturated/α-hetero) is 1. The Morgan fingerprint density at radius 1 is 1.10 bits per heavy atom. The molecule has 2 heterocycles. The van der Waals surface area contributed by atoms with E-state index >= 15 is 0 Å². The van der Waals surface area contributed by atoms with E-state index in [2.05, 4.69) is 16.8 Å². The second-order valence-electron chi connectivity index (χ2n) is 4.32. The van der Waals surface area contributed by atoms with E-state index in [1.54, 1.807) is 6.20 Å². The Balaban J connectivity index is 2.15. The molecule has 2 aromatic heterocycles. The number of rotatable bonds is 1. The summed E-state index contributed by atoms with van der Waals surface area (Å²) in [4.78, 5) is 15.9. The number of carbonyl (C=O) groups excluding carboxylic acids is 1. The molecule has 0 aliphatic rings. The minimum Gasteiger partial charge on any atom is -0.447 e. The molecule has 0 aliphatic carbocycles. The number of ketones is 1. The molecule has 0 fully saturated rings. The summed E-state index contributed by atoms with van der Waals surface area (Å²) >= 11 is 0. The molecule has 0 atom stereocenters. The second-order valence-corrected chi connectivity index (χ2v) is 4.32. The normalized spacial score (nSPS) is 10.1. The third-order valence-electron chi connectivity index (χ3n) is 2.92. The van der Waals surface area contributed by atoms with Gasteiger partial charge in [-0.25, -0.2) is 4.98 Å². The number of benzene rings is 1. The van der Waals surface area contributed by atoms with Crippen molar-refractivity contribution in [3.05, 3.63) is 65.7 Å². The van der Waals surface area contributed by atoms with Gasteiger partial charge in [0.05, 0.1) is 5.56 Å². The molecule has 20 heavy (non-hydrogen) atoms. The van der Waals surface area contributed by atoms with Crippen molar-refractivity contribution < 1.29 is 9.21 Å². The zero-order chi connectivity index (χ0) is 13.9. The van der Waals surface area contributed by atoms with Crippen LogP contribution >= 0.6 is 0 Å². The van der Waals surface area contributed by atoms with Gasteiger partial charge in [-0.3, -0.25) is 4.79 Å². The minimum absolute atomic E-state index is 0.0553. The predicted octanol–water partition coefficient (Wildman–Crippen LogP) is 3.43. The van der Waals surface area contributed by atoms with E-state index in [0.717, 1.165) is 5.39 Å². The Labute approximate surface area is 116 Å². The highest BCUT2D eigenvalue weighted by atomic mass is 16.3. The number of para-hydroxylation sites is 1. The Hall–Kier alpha value is -2.86. The molecule has 3 rings (SSSR count). The number of furan rings is 1. The van der Waals surface area contributed by atoms with E-state index in [-0.39, 0.29) is 5.78 Å². The molecule has 96 valence electrons. The van der Waals surface area contributed by atoms with Crippen LogP contribution in [0.1, 0.15) is 28.7 Å². The molecule has 0 radical (unpaired) electrons. The maximum absolute atomic E-state index is 11.8. The molecule has 0 N–H and O–H groups in total. The fourth-order valence-corrected chi connectivity index (χ4v) is 2.04. The van der Waals surface area contributed by atoms with Gasteiger partial charge in [0, 0.05) is 11.6 Å².